The van der Waals surface area contributed by atoms with Gasteiger partial charge in [-0.2, -0.15) is 19.9 Å². The van der Waals surface area contributed by atoms with Crippen LogP contribution in [0.2, 0.25) is 0 Å². The molecule has 3 N–H and O–H groups in total. The van der Waals surface area contributed by atoms with Crippen LogP contribution in [-0.2, 0) is 9.47 Å². The van der Waals surface area contributed by atoms with Crippen LogP contribution < -0.4 is 16.0 Å². The van der Waals surface area contributed by atoms with Crippen molar-refractivity contribution in [3.05, 3.63) is 81.9 Å². The number of amidine groups is 1. The molecule has 12 nitrogen and oxygen atoms in total. The Morgan fingerprint density at radius 1 is 1.06 bits per heavy atom. The summed E-state index contributed by atoms with van der Waals surface area (Å²) in [4.78, 5) is 30.3. The fourth-order valence-corrected chi connectivity index (χ4v) is 3.80. The molecule has 2 aliphatic heterocycles. The van der Waals surface area contributed by atoms with Crippen LogP contribution in [0.1, 0.15) is 17.2 Å². The van der Waals surface area contributed by atoms with E-state index < -0.39 is 11.0 Å². The number of ether oxygens (including phenoxy) is 2. The second-order valence-electron chi connectivity index (χ2n) is 7.74. The number of nitrogens with zero attached hydrogens (tertiary/aromatic N) is 6. The number of hydrogen-bond donors (Lipinski definition) is 2. The number of aromatic nitrogens is 3. The molecule has 0 amide bonds. The second kappa shape index (κ2) is 9.73. The number of hydrogen-bond acceptors (Lipinski definition) is 10. The van der Waals surface area contributed by atoms with Crippen molar-refractivity contribution in [2.45, 2.75) is 6.10 Å². The lowest BCUT2D eigenvalue weighted by molar-refractivity contribution is -0.386. The Hall–Kier alpha value is -4.58. The summed E-state index contributed by atoms with van der Waals surface area (Å²) in [6.45, 7) is 2.36. The normalized spacial score (nSPS) is 19.0. The van der Waals surface area contributed by atoms with E-state index in [0.29, 0.717) is 43.5 Å². The Morgan fingerprint density at radius 3 is 2.57 bits per heavy atom. The number of nitrogen functional groups attached to an aromatic ring is 1. The number of morpholine rings is 1. The van der Waals surface area contributed by atoms with E-state index in [2.05, 4.69) is 25.3 Å². The van der Waals surface area contributed by atoms with Gasteiger partial charge in [0.1, 0.15) is 0 Å². The molecular formula is C23H22N8O4. The molecule has 0 radical (unpaired) electrons. The first kappa shape index (κ1) is 22.2. The van der Waals surface area contributed by atoms with Gasteiger partial charge in [0.15, 0.2) is 6.10 Å². The summed E-state index contributed by atoms with van der Waals surface area (Å²) in [5.74, 6) is 0.466. The number of nitro groups is 1. The van der Waals surface area contributed by atoms with Gasteiger partial charge in [-0.1, -0.05) is 42.5 Å². The minimum Gasteiger partial charge on any atom is -0.452 e. The second-order valence-corrected chi connectivity index (χ2v) is 7.74. The van der Waals surface area contributed by atoms with Crippen LogP contribution >= 0.6 is 0 Å². The van der Waals surface area contributed by atoms with E-state index in [-0.39, 0.29) is 23.6 Å². The maximum atomic E-state index is 11.6. The average Bonchev–Trinajstić information content (AvgIpc) is 2.89. The fraction of sp³-hybridized carbons (Fsp3) is 0.217. The number of para-hydroxylation sites is 1. The number of anilines is 2. The number of aliphatic imine (C=N–C) groups is 1. The highest BCUT2D eigenvalue weighted by molar-refractivity contribution is 5.89. The third-order valence-electron chi connectivity index (χ3n) is 5.45. The first-order valence-corrected chi connectivity index (χ1v) is 10.9. The smallest absolute Gasteiger partial charge is 0.298 e. The van der Waals surface area contributed by atoms with Gasteiger partial charge in [-0.25, -0.2) is 0 Å². The van der Waals surface area contributed by atoms with Crippen molar-refractivity contribution in [1.82, 2.24) is 20.3 Å². The molecule has 1 atom stereocenters. The standard InChI is InChI=1S/C23H22N8O4/c24-20-26-21(28-22(27-20)30-10-12-34-13-11-30)29-23-25-17(15-6-2-1-3-7-15)14-19(35-23)16-8-4-5-9-18(16)31(32)33/h1-9,14,19H,10-13H2,(H3,24,25,26,27,28,29). The van der Waals surface area contributed by atoms with Crippen molar-refractivity contribution in [3.8, 4) is 0 Å². The van der Waals surface area contributed by atoms with E-state index in [9.17, 15) is 10.1 Å². The summed E-state index contributed by atoms with van der Waals surface area (Å²) in [6.07, 6.45) is 1.00. The summed E-state index contributed by atoms with van der Waals surface area (Å²) in [5.41, 5.74) is 7.80. The maximum Gasteiger partial charge on any atom is 0.298 e. The van der Waals surface area contributed by atoms with Crippen molar-refractivity contribution in [3.63, 3.8) is 0 Å². The van der Waals surface area contributed by atoms with E-state index in [1.807, 2.05) is 35.2 Å². The van der Waals surface area contributed by atoms with Crippen LogP contribution in [0.15, 0.2) is 65.7 Å². The third-order valence-corrected chi connectivity index (χ3v) is 5.45. The van der Waals surface area contributed by atoms with E-state index in [0.717, 1.165) is 5.56 Å². The molecule has 0 bridgehead atoms. The zero-order valence-electron chi connectivity index (χ0n) is 18.6. The number of rotatable bonds is 5. The first-order valence-electron chi connectivity index (χ1n) is 10.9. The minimum absolute atomic E-state index is 0.0192. The minimum atomic E-state index is -0.773. The quantitative estimate of drug-likeness (QED) is 0.416. The SMILES string of the molecule is Nc1nc(/N=C2\NC(c3ccccc3)=CC(c3ccccc3[N+](=O)[O-])O2)nc(N2CCOCC2)n1. The average molecular weight is 474 g/mol. The van der Waals surface area contributed by atoms with Crippen molar-refractivity contribution >= 4 is 35.3 Å². The Kier molecular flexibility index (Phi) is 6.18. The summed E-state index contributed by atoms with van der Waals surface area (Å²) in [6, 6.07) is 16.0. The predicted octanol–water partition coefficient (Wildman–Crippen LogP) is 2.59. The Morgan fingerprint density at radius 2 is 1.80 bits per heavy atom. The summed E-state index contributed by atoms with van der Waals surface area (Å²) >= 11 is 0. The van der Waals surface area contributed by atoms with E-state index >= 15 is 0 Å². The lowest BCUT2D eigenvalue weighted by Crippen LogP contribution is -2.37. The van der Waals surface area contributed by atoms with Gasteiger partial charge in [0.25, 0.3) is 17.7 Å². The molecular weight excluding hydrogens is 452 g/mol. The van der Waals surface area contributed by atoms with Crippen LogP contribution in [0, 0.1) is 10.1 Å². The van der Waals surface area contributed by atoms with Gasteiger partial charge in [-0.3, -0.25) is 10.1 Å². The molecule has 35 heavy (non-hydrogen) atoms. The van der Waals surface area contributed by atoms with Crippen molar-refractivity contribution in [2.75, 3.05) is 36.9 Å². The van der Waals surface area contributed by atoms with E-state index in [1.54, 1.807) is 24.3 Å². The molecule has 3 heterocycles. The number of benzene rings is 2. The molecule has 2 aromatic carbocycles. The molecule has 1 aromatic heterocycles. The first-order chi connectivity index (χ1) is 17.1. The van der Waals surface area contributed by atoms with Crippen LogP contribution in [0.25, 0.3) is 5.70 Å². The number of nitrogens with one attached hydrogen (secondary N) is 1. The van der Waals surface area contributed by atoms with Crippen molar-refractivity contribution < 1.29 is 14.4 Å². The molecule has 1 fully saturated rings. The monoisotopic (exact) mass is 474 g/mol. The van der Waals surface area contributed by atoms with Gasteiger partial charge in [0, 0.05) is 24.9 Å². The largest absolute Gasteiger partial charge is 0.452 e. The summed E-state index contributed by atoms with van der Waals surface area (Å²) in [5, 5.41) is 14.8. The van der Waals surface area contributed by atoms with Crippen molar-refractivity contribution in [2.24, 2.45) is 4.99 Å². The highest BCUT2D eigenvalue weighted by Gasteiger charge is 2.28. The Balaban J connectivity index is 1.53. The Bertz CT molecular complexity index is 1290. The third kappa shape index (κ3) is 5.01. The zero-order valence-corrected chi connectivity index (χ0v) is 18.6. The van der Waals surface area contributed by atoms with Gasteiger partial charge < -0.3 is 25.4 Å². The highest BCUT2D eigenvalue weighted by Crippen LogP contribution is 2.33. The molecule has 1 saturated heterocycles. The highest BCUT2D eigenvalue weighted by atomic mass is 16.6. The van der Waals surface area contributed by atoms with Crippen LogP contribution in [-0.4, -0.2) is 52.2 Å². The molecule has 3 aromatic rings. The molecule has 5 rings (SSSR count). The van der Waals surface area contributed by atoms with E-state index in [4.69, 9.17) is 15.2 Å². The topological polar surface area (TPSA) is 154 Å². The molecule has 0 saturated carbocycles. The van der Waals surface area contributed by atoms with Crippen molar-refractivity contribution in [1.29, 1.82) is 0 Å². The lowest BCUT2D eigenvalue weighted by Gasteiger charge is -2.27. The summed E-state index contributed by atoms with van der Waals surface area (Å²) in [7, 11) is 0. The van der Waals surface area contributed by atoms with Crippen LogP contribution in [0.3, 0.4) is 0 Å². The maximum absolute atomic E-state index is 11.6. The van der Waals surface area contributed by atoms with Crippen LogP contribution in [0.5, 0.6) is 0 Å². The zero-order chi connectivity index (χ0) is 24.2. The molecule has 12 heteroatoms. The molecule has 178 valence electrons. The summed E-state index contributed by atoms with van der Waals surface area (Å²) < 4.78 is 11.4. The number of nitrogens with two attached hydrogens (primary N) is 1. The molecule has 0 spiro atoms. The molecule has 0 aliphatic carbocycles. The van der Waals surface area contributed by atoms with Gasteiger partial charge >= 0.3 is 0 Å². The van der Waals surface area contributed by atoms with E-state index in [1.165, 1.54) is 6.07 Å². The van der Waals surface area contributed by atoms with Gasteiger partial charge in [-0.15, -0.1) is 0 Å². The predicted molar refractivity (Wildman–Crippen MR) is 129 cm³/mol. The Labute approximate surface area is 200 Å². The lowest BCUT2D eigenvalue weighted by atomic mass is 10.0. The van der Waals surface area contributed by atoms with Crippen LogP contribution in [0.4, 0.5) is 23.5 Å². The van der Waals surface area contributed by atoms with Gasteiger partial charge in [-0.05, 0) is 17.7 Å². The fourth-order valence-electron chi connectivity index (χ4n) is 3.80. The molecule has 1 unspecified atom stereocenters. The van der Waals surface area contributed by atoms with Gasteiger partial charge in [0.2, 0.25) is 11.9 Å². The number of nitro benzene ring substituents is 1. The van der Waals surface area contributed by atoms with Gasteiger partial charge in [0.05, 0.1) is 23.7 Å². The molecule has 2 aliphatic rings.